The van der Waals surface area contributed by atoms with Gasteiger partial charge in [-0.2, -0.15) is 18.4 Å². The molecule has 0 aromatic heterocycles. The number of hydrazone groups is 1. The van der Waals surface area contributed by atoms with Crippen molar-refractivity contribution >= 4 is 27.7 Å². The van der Waals surface area contributed by atoms with Crippen LogP contribution in [0.25, 0.3) is 0 Å². The number of nitrogens with zero attached hydrogens (tertiary/aromatic N) is 1. The molecule has 0 saturated carbocycles. The van der Waals surface area contributed by atoms with Gasteiger partial charge < -0.3 is 18.9 Å². The van der Waals surface area contributed by atoms with Crippen LogP contribution in [0.4, 0.5) is 0 Å². The highest BCUT2D eigenvalue weighted by molar-refractivity contribution is 7.89. The monoisotopic (exact) mass is 490 g/mol. The molecule has 0 spiro atoms. The highest BCUT2D eigenvalue weighted by Crippen LogP contribution is 2.25. The molecule has 2 aromatic carbocycles. The van der Waals surface area contributed by atoms with Crippen LogP contribution >= 0.6 is 0 Å². The molecule has 1 aliphatic heterocycles. The third-order valence-corrected chi connectivity index (χ3v) is 6.22. The van der Waals surface area contributed by atoms with E-state index in [1.165, 1.54) is 26.2 Å². The number of esters is 2. The minimum atomic E-state index is -4.07. The number of aryl methyl sites for hydroxylation is 1. The van der Waals surface area contributed by atoms with Gasteiger partial charge in [0.15, 0.2) is 12.2 Å². The Morgan fingerprint density at radius 3 is 2.24 bits per heavy atom. The lowest BCUT2D eigenvalue weighted by Gasteiger charge is -2.39. The Morgan fingerprint density at radius 2 is 1.65 bits per heavy atom. The van der Waals surface area contributed by atoms with Gasteiger partial charge in [-0.25, -0.2) is 4.79 Å². The first-order valence-electron chi connectivity index (χ1n) is 10.4. The van der Waals surface area contributed by atoms with Crippen LogP contribution < -0.4 is 4.83 Å². The van der Waals surface area contributed by atoms with Crippen molar-refractivity contribution in [3.8, 4) is 0 Å². The van der Waals surface area contributed by atoms with Crippen LogP contribution in [0.2, 0.25) is 0 Å². The van der Waals surface area contributed by atoms with Gasteiger partial charge in [-0.3, -0.25) is 4.79 Å². The van der Waals surface area contributed by atoms with Gasteiger partial charge in [-0.15, -0.1) is 0 Å². The number of carbonyl (C=O) groups excluding carboxylic acids is 2. The molecule has 10 nitrogen and oxygen atoms in total. The predicted molar refractivity (Wildman–Crippen MR) is 121 cm³/mol. The average Bonchev–Trinajstić information content (AvgIpc) is 2.81. The van der Waals surface area contributed by atoms with Crippen LogP contribution in [0, 0.1) is 6.92 Å². The molecule has 1 heterocycles. The number of methoxy groups -OCH3 is 1. The standard InChI is InChI=1S/C23H26N2O8S/c1-14-10-12-18(13-11-14)34(28,29)25-24-19-20(32-16(3)26)15(2)31-23(30-4)21(19)33-22(27)17-8-6-5-7-9-17/h5-13,15,20-21,23,25H,1-4H3/t15-,20+,21-,23-/m1/s1. The van der Waals surface area contributed by atoms with Crippen molar-refractivity contribution in [2.45, 2.75) is 50.3 Å². The van der Waals surface area contributed by atoms with Crippen molar-refractivity contribution in [1.82, 2.24) is 4.83 Å². The van der Waals surface area contributed by atoms with E-state index in [0.717, 1.165) is 5.56 Å². The van der Waals surface area contributed by atoms with Crippen molar-refractivity contribution in [1.29, 1.82) is 0 Å². The molecular weight excluding hydrogens is 464 g/mol. The van der Waals surface area contributed by atoms with E-state index in [4.69, 9.17) is 18.9 Å². The Kier molecular flexibility index (Phi) is 8.02. The zero-order valence-corrected chi connectivity index (χ0v) is 19.9. The van der Waals surface area contributed by atoms with E-state index in [1.54, 1.807) is 49.4 Å². The maximum Gasteiger partial charge on any atom is 0.338 e. The fourth-order valence-corrected chi connectivity index (χ4v) is 4.12. The smallest absolute Gasteiger partial charge is 0.338 e. The lowest BCUT2D eigenvalue weighted by Crippen LogP contribution is -2.57. The van der Waals surface area contributed by atoms with Crippen molar-refractivity contribution in [2.75, 3.05) is 7.11 Å². The number of benzene rings is 2. The highest BCUT2D eigenvalue weighted by Gasteiger charge is 2.46. The van der Waals surface area contributed by atoms with Gasteiger partial charge in [-0.1, -0.05) is 35.9 Å². The Bertz CT molecular complexity index is 1150. The second-order valence-corrected chi connectivity index (χ2v) is 9.27. The van der Waals surface area contributed by atoms with E-state index in [9.17, 15) is 18.0 Å². The predicted octanol–water partition coefficient (Wildman–Crippen LogP) is 2.18. The van der Waals surface area contributed by atoms with Gasteiger partial charge in [0.1, 0.15) is 11.8 Å². The minimum Gasteiger partial charge on any atom is -0.453 e. The van der Waals surface area contributed by atoms with E-state index in [2.05, 4.69) is 9.93 Å². The number of hydrogen-bond acceptors (Lipinski definition) is 9. The van der Waals surface area contributed by atoms with Crippen molar-refractivity contribution < 1.29 is 37.0 Å². The number of carbonyl (C=O) groups is 2. The Morgan fingerprint density at radius 1 is 1.00 bits per heavy atom. The second kappa shape index (κ2) is 10.8. The van der Waals surface area contributed by atoms with Crippen LogP contribution in [-0.4, -0.2) is 57.8 Å². The fraction of sp³-hybridized carbons (Fsp3) is 0.348. The van der Waals surface area contributed by atoms with E-state index in [0.29, 0.717) is 0 Å². The van der Waals surface area contributed by atoms with Crippen molar-refractivity contribution in [3.05, 3.63) is 65.7 Å². The van der Waals surface area contributed by atoms with Crippen LogP contribution in [0.1, 0.15) is 29.8 Å². The van der Waals surface area contributed by atoms with E-state index >= 15 is 0 Å². The minimum absolute atomic E-state index is 0.0206. The molecule has 34 heavy (non-hydrogen) atoms. The first-order chi connectivity index (χ1) is 16.1. The molecule has 2 aromatic rings. The molecule has 4 atom stereocenters. The molecule has 11 heteroatoms. The van der Waals surface area contributed by atoms with Crippen LogP contribution in [0.5, 0.6) is 0 Å². The maximum absolute atomic E-state index is 12.8. The van der Waals surface area contributed by atoms with E-state index < -0.39 is 46.6 Å². The summed E-state index contributed by atoms with van der Waals surface area (Å²) in [6, 6.07) is 14.3. The Hall–Kier alpha value is -3.28. The average molecular weight is 491 g/mol. The van der Waals surface area contributed by atoms with E-state index in [1.807, 2.05) is 6.92 Å². The fourth-order valence-electron chi connectivity index (χ4n) is 3.29. The summed E-state index contributed by atoms with van der Waals surface area (Å²) in [4.78, 5) is 26.6. The summed E-state index contributed by atoms with van der Waals surface area (Å²) in [6.45, 7) is 4.61. The largest absolute Gasteiger partial charge is 0.453 e. The van der Waals surface area contributed by atoms with Gasteiger partial charge >= 0.3 is 11.9 Å². The molecule has 1 N–H and O–H groups in total. The zero-order valence-electron chi connectivity index (χ0n) is 19.1. The molecule has 1 aliphatic rings. The topological polar surface area (TPSA) is 130 Å². The normalized spacial score (nSPS) is 23.8. The first-order valence-corrected chi connectivity index (χ1v) is 11.9. The molecule has 1 fully saturated rings. The van der Waals surface area contributed by atoms with E-state index in [-0.39, 0.29) is 16.2 Å². The molecule has 0 radical (unpaired) electrons. The first kappa shape index (κ1) is 25.3. The molecule has 0 amide bonds. The lowest BCUT2D eigenvalue weighted by atomic mass is 10.00. The molecule has 0 unspecified atom stereocenters. The summed E-state index contributed by atoms with van der Waals surface area (Å²) in [5, 5.41) is 4.03. The summed E-state index contributed by atoms with van der Waals surface area (Å²) in [5.74, 6) is -1.37. The van der Waals surface area contributed by atoms with Gasteiger partial charge in [0.25, 0.3) is 10.0 Å². The third-order valence-electron chi connectivity index (χ3n) is 5.00. The maximum atomic E-state index is 12.8. The number of rotatable bonds is 7. The Labute approximate surface area is 197 Å². The number of nitrogens with one attached hydrogen (secondary N) is 1. The van der Waals surface area contributed by atoms with Crippen LogP contribution in [-0.2, 0) is 33.8 Å². The summed E-state index contributed by atoms with van der Waals surface area (Å²) >= 11 is 0. The Balaban J connectivity index is 1.99. The lowest BCUT2D eigenvalue weighted by molar-refractivity contribution is -0.218. The molecule has 182 valence electrons. The number of hydrogen-bond donors (Lipinski definition) is 1. The summed E-state index contributed by atoms with van der Waals surface area (Å²) in [7, 11) is -2.74. The number of sulfonamides is 1. The van der Waals surface area contributed by atoms with Crippen molar-refractivity contribution in [2.24, 2.45) is 5.10 Å². The number of ether oxygens (including phenoxy) is 4. The second-order valence-electron chi connectivity index (χ2n) is 7.61. The zero-order chi connectivity index (χ0) is 24.9. The SMILES string of the molecule is CO[C@@H]1O[C@H](C)[C@H](OC(C)=O)C(=NNS(=O)(=O)c2ccc(C)cc2)[C@H]1OC(=O)c1ccccc1. The van der Waals surface area contributed by atoms with Gasteiger partial charge in [0.05, 0.1) is 10.5 Å². The summed E-state index contributed by atoms with van der Waals surface area (Å²) < 4.78 is 47.6. The molecule has 1 saturated heterocycles. The molecule has 0 aliphatic carbocycles. The quantitative estimate of drug-likeness (QED) is 0.462. The van der Waals surface area contributed by atoms with Crippen molar-refractivity contribution in [3.63, 3.8) is 0 Å². The molecule has 3 rings (SSSR count). The molecular formula is C23H26N2O8S. The van der Waals surface area contributed by atoms with Gasteiger partial charge in [0.2, 0.25) is 6.29 Å². The van der Waals surface area contributed by atoms with Crippen LogP contribution in [0.3, 0.4) is 0 Å². The van der Waals surface area contributed by atoms with Crippen LogP contribution in [0.15, 0.2) is 64.6 Å². The van der Waals surface area contributed by atoms with Gasteiger partial charge in [-0.05, 0) is 38.1 Å². The van der Waals surface area contributed by atoms with Gasteiger partial charge in [0, 0.05) is 14.0 Å². The molecule has 0 bridgehead atoms. The third kappa shape index (κ3) is 5.99. The highest BCUT2D eigenvalue weighted by atomic mass is 32.2. The summed E-state index contributed by atoms with van der Waals surface area (Å²) in [6.07, 6.45) is -4.35. The summed E-state index contributed by atoms with van der Waals surface area (Å²) in [5.41, 5.74) is 1.05.